The summed E-state index contributed by atoms with van der Waals surface area (Å²) in [5, 5.41) is 6.66. The monoisotopic (exact) mass is 96.0 g/mol. The lowest BCUT2D eigenvalue weighted by molar-refractivity contribution is -0.113. The fraction of sp³-hybridized carbons (Fsp3) is 0.250. The molecule has 1 heterocycles. The zero-order valence-corrected chi connectivity index (χ0v) is 3.88. The van der Waals surface area contributed by atoms with Gasteiger partial charge in [0.1, 0.15) is 0 Å². The van der Waals surface area contributed by atoms with Crippen molar-refractivity contribution in [2.45, 2.75) is 6.92 Å². The maximum Gasteiger partial charge on any atom is 0.290 e. The molecular formula is C4H4N2O. The SMILES string of the molecule is CC1=CC(=O)N=N1. The summed E-state index contributed by atoms with van der Waals surface area (Å²) in [5.74, 6) is -0.252. The van der Waals surface area contributed by atoms with Gasteiger partial charge < -0.3 is 0 Å². The quantitative estimate of drug-likeness (QED) is 0.441. The molecule has 0 spiro atoms. The maximum absolute atomic E-state index is 10.1. The molecule has 0 N–H and O–H groups in total. The molecule has 0 saturated heterocycles. The van der Waals surface area contributed by atoms with Crippen LogP contribution < -0.4 is 0 Å². The first-order valence-electron chi connectivity index (χ1n) is 1.93. The van der Waals surface area contributed by atoms with Gasteiger partial charge in [0, 0.05) is 6.08 Å². The molecule has 7 heavy (non-hydrogen) atoms. The highest BCUT2D eigenvalue weighted by molar-refractivity contribution is 5.90. The lowest BCUT2D eigenvalue weighted by Crippen LogP contribution is -1.75. The third-order valence-electron chi connectivity index (χ3n) is 0.639. The Kier molecular flexibility index (Phi) is 0.749. The van der Waals surface area contributed by atoms with E-state index in [1.165, 1.54) is 6.08 Å². The Hall–Kier alpha value is -0.990. The number of carbonyl (C=O) groups excluding carboxylic acids is 1. The minimum atomic E-state index is -0.252. The molecule has 0 aliphatic carbocycles. The second-order valence-corrected chi connectivity index (χ2v) is 1.32. The Bertz CT molecular complexity index is 157. The molecule has 1 aliphatic rings. The number of amides is 1. The van der Waals surface area contributed by atoms with Gasteiger partial charge in [0.25, 0.3) is 5.91 Å². The van der Waals surface area contributed by atoms with Gasteiger partial charge in [0.15, 0.2) is 0 Å². The van der Waals surface area contributed by atoms with Gasteiger partial charge in [-0.2, -0.15) is 5.11 Å². The molecule has 0 fully saturated rings. The minimum Gasteiger partial charge on any atom is -0.266 e. The summed E-state index contributed by atoms with van der Waals surface area (Å²) in [6.45, 7) is 1.73. The molecule has 3 heteroatoms. The molecule has 3 nitrogen and oxygen atoms in total. The van der Waals surface area contributed by atoms with E-state index in [-0.39, 0.29) is 5.91 Å². The largest absolute Gasteiger partial charge is 0.290 e. The summed E-state index contributed by atoms with van der Waals surface area (Å²) in [6.07, 6.45) is 1.39. The van der Waals surface area contributed by atoms with Crippen LogP contribution in [0.4, 0.5) is 0 Å². The standard InChI is InChI=1S/C4H4N2O/c1-3-2-4(7)6-5-3/h2H,1H3. The molecule has 0 saturated carbocycles. The van der Waals surface area contributed by atoms with Crippen molar-refractivity contribution in [2.24, 2.45) is 10.2 Å². The molecule has 1 rings (SSSR count). The molecule has 0 radical (unpaired) electrons. The van der Waals surface area contributed by atoms with E-state index in [9.17, 15) is 4.79 Å². The normalized spacial score (nSPS) is 17.9. The van der Waals surface area contributed by atoms with Gasteiger partial charge in [-0.25, -0.2) is 0 Å². The van der Waals surface area contributed by atoms with Gasteiger partial charge in [-0.05, 0) is 6.92 Å². The number of carbonyl (C=O) groups is 1. The Morgan fingerprint density at radius 3 is 2.43 bits per heavy atom. The summed E-state index contributed by atoms with van der Waals surface area (Å²) >= 11 is 0. The highest BCUT2D eigenvalue weighted by Gasteiger charge is 2.00. The molecular weight excluding hydrogens is 92.1 g/mol. The predicted octanol–water partition coefficient (Wildman–Crippen LogP) is 0.883. The van der Waals surface area contributed by atoms with Gasteiger partial charge in [0.05, 0.1) is 5.70 Å². The van der Waals surface area contributed by atoms with E-state index >= 15 is 0 Å². The zero-order valence-electron chi connectivity index (χ0n) is 3.88. The molecule has 36 valence electrons. The molecule has 0 aromatic carbocycles. The van der Waals surface area contributed by atoms with Crippen molar-refractivity contribution in [3.05, 3.63) is 11.8 Å². The number of hydrogen-bond acceptors (Lipinski definition) is 2. The fourth-order valence-electron chi connectivity index (χ4n) is 0.365. The van der Waals surface area contributed by atoms with E-state index in [0.717, 1.165) is 0 Å². The van der Waals surface area contributed by atoms with Crippen molar-refractivity contribution < 1.29 is 4.79 Å². The number of nitrogens with zero attached hydrogens (tertiary/aromatic N) is 2. The van der Waals surface area contributed by atoms with Gasteiger partial charge >= 0.3 is 0 Å². The van der Waals surface area contributed by atoms with Crippen molar-refractivity contribution >= 4 is 5.91 Å². The van der Waals surface area contributed by atoms with Crippen molar-refractivity contribution in [1.82, 2.24) is 0 Å². The molecule has 1 aliphatic heterocycles. The summed E-state index contributed by atoms with van der Waals surface area (Å²) in [6, 6.07) is 0. The average molecular weight is 96.1 g/mol. The van der Waals surface area contributed by atoms with E-state index in [4.69, 9.17) is 0 Å². The first-order chi connectivity index (χ1) is 3.29. The third-order valence-corrected chi connectivity index (χ3v) is 0.639. The van der Waals surface area contributed by atoms with Gasteiger partial charge in [-0.15, -0.1) is 5.11 Å². The van der Waals surface area contributed by atoms with Crippen LogP contribution in [0.2, 0.25) is 0 Å². The molecule has 0 aromatic rings. The molecule has 0 atom stereocenters. The number of azo groups is 1. The third kappa shape index (κ3) is 0.707. The van der Waals surface area contributed by atoms with E-state index < -0.39 is 0 Å². The maximum atomic E-state index is 10.1. The van der Waals surface area contributed by atoms with Gasteiger partial charge in [-0.1, -0.05) is 0 Å². The highest BCUT2D eigenvalue weighted by atomic mass is 16.1. The Labute approximate surface area is 40.7 Å². The van der Waals surface area contributed by atoms with Crippen LogP contribution in [0.5, 0.6) is 0 Å². The molecule has 0 bridgehead atoms. The lowest BCUT2D eigenvalue weighted by atomic mass is 10.5. The first kappa shape index (κ1) is 4.18. The van der Waals surface area contributed by atoms with Crippen LogP contribution in [0.3, 0.4) is 0 Å². The van der Waals surface area contributed by atoms with Gasteiger partial charge in [-0.3, -0.25) is 4.79 Å². The van der Waals surface area contributed by atoms with Crippen LogP contribution in [-0.2, 0) is 4.79 Å². The van der Waals surface area contributed by atoms with Crippen molar-refractivity contribution in [1.29, 1.82) is 0 Å². The summed E-state index contributed by atoms with van der Waals surface area (Å²) in [5.41, 5.74) is 0.685. The Balaban J connectivity index is 2.88. The topological polar surface area (TPSA) is 41.8 Å². The number of rotatable bonds is 0. The first-order valence-corrected chi connectivity index (χ1v) is 1.93. The minimum absolute atomic E-state index is 0.252. The van der Waals surface area contributed by atoms with Crippen LogP contribution in [-0.4, -0.2) is 5.91 Å². The fourth-order valence-corrected chi connectivity index (χ4v) is 0.365. The second kappa shape index (κ2) is 1.26. The van der Waals surface area contributed by atoms with E-state index in [0.29, 0.717) is 5.70 Å². The van der Waals surface area contributed by atoms with E-state index in [1.54, 1.807) is 6.92 Å². The number of hydrogen-bond donors (Lipinski definition) is 0. The van der Waals surface area contributed by atoms with E-state index in [1.807, 2.05) is 0 Å². The van der Waals surface area contributed by atoms with Crippen molar-refractivity contribution in [3.63, 3.8) is 0 Å². The van der Waals surface area contributed by atoms with Crippen LogP contribution >= 0.6 is 0 Å². The molecule has 1 amide bonds. The lowest BCUT2D eigenvalue weighted by Gasteiger charge is -1.67. The van der Waals surface area contributed by atoms with Crippen LogP contribution in [0.15, 0.2) is 22.0 Å². The van der Waals surface area contributed by atoms with Crippen molar-refractivity contribution in [2.75, 3.05) is 0 Å². The van der Waals surface area contributed by atoms with Crippen LogP contribution in [0.25, 0.3) is 0 Å². The molecule has 0 unspecified atom stereocenters. The summed E-state index contributed by atoms with van der Waals surface area (Å²) < 4.78 is 0. The summed E-state index contributed by atoms with van der Waals surface area (Å²) in [7, 11) is 0. The second-order valence-electron chi connectivity index (χ2n) is 1.32. The predicted molar refractivity (Wildman–Crippen MR) is 23.6 cm³/mol. The Morgan fingerprint density at radius 1 is 1.57 bits per heavy atom. The van der Waals surface area contributed by atoms with Crippen molar-refractivity contribution in [3.8, 4) is 0 Å². The summed E-state index contributed by atoms with van der Waals surface area (Å²) in [4.78, 5) is 10.1. The van der Waals surface area contributed by atoms with Crippen LogP contribution in [0.1, 0.15) is 6.92 Å². The zero-order chi connectivity index (χ0) is 5.28. The number of allylic oxidation sites excluding steroid dienone is 1. The molecule has 0 aromatic heterocycles. The van der Waals surface area contributed by atoms with E-state index in [2.05, 4.69) is 10.2 Å². The average Bonchev–Trinajstić information content (AvgIpc) is 1.87. The van der Waals surface area contributed by atoms with Crippen LogP contribution in [0, 0.1) is 0 Å². The smallest absolute Gasteiger partial charge is 0.266 e. The highest BCUT2D eigenvalue weighted by Crippen LogP contribution is 2.03. The van der Waals surface area contributed by atoms with Gasteiger partial charge in [0.2, 0.25) is 0 Å². The Morgan fingerprint density at radius 2 is 2.29 bits per heavy atom.